The number of halogens is 2. The summed E-state index contributed by atoms with van der Waals surface area (Å²) < 4.78 is 12.3. The largest absolute Gasteiger partial charge is 0.207 e. The molecular weight excluding hydrogens is 151 g/mol. The fourth-order valence-corrected chi connectivity index (χ4v) is 0.757. The van der Waals surface area contributed by atoms with Gasteiger partial charge in [-0.1, -0.05) is 30.3 Å². The van der Waals surface area contributed by atoms with Gasteiger partial charge in [-0.3, -0.25) is 0 Å². The summed E-state index contributed by atoms with van der Waals surface area (Å²) in [7, 11) is 0. The van der Waals surface area contributed by atoms with Crippen molar-refractivity contribution in [3.8, 4) is 0 Å². The molecule has 0 fully saturated rings. The first-order valence-corrected chi connectivity index (χ1v) is 3.18. The average molecular weight is 157 g/mol. The van der Waals surface area contributed by atoms with Gasteiger partial charge in [0, 0.05) is 10.6 Å². The lowest BCUT2D eigenvalue weighted by Gasteiger charge is -1.93. The Bertz CT molecular complexity index is 238. The molecule has 0 bridgehead atoms. The van der Waals surface area contributed by atoms with Gasteiger partial charge in [-0.25, -0.2) is 4.39 Å². The van der Waals surface area contributed by atoms with Gasteiger partial charge in [-0.05, 0) is 12.1 Å². The van der Waals surface area contributed by atoms with Crippen LogP contribution in [0.5, 0.6) is 0 Å². The third-order valence-corrected chi connectivity index (χ3v) is 1.41. The summed E-state index contributed by atoms with van der Waals surface area (Å²) in [6.07, 6.45) is 0. The van der Waals surface area contributed by atoms with Gasteiger partial charge in [0.05, 0.1) is 0 Å². The predicted octanol–water partition coefficient (Wildman–Crippen LogP) is 3.28. The molecule has 0 amide bonds. The van der Waals surface area contributed by atoms with Crippen LogP contribution in [0.15, 0.2) is 30.8 Å². The van der Waals surface area contributed by atoms with Gasteiger partial charge in [0.1, 0.15) is 5.83 Å². The Labute approximate surface area is 63.9 Å². The SMILES string of the molecule is C=C(F)c1ccc(Cl)cc1. The molecule has 0 nitrogen and oxygen atoms in total. The van der Waals surface area contributed by atoms with Crippen LogP contribution in [0, 0.1) is 0 Å². The first-order chi connectivity index (χ1) is 4.70. The maximum atomic E-state index is 12.3. The molecule has 0 radical (unpaired) electrons. The highest BCUT2D eigenvalue weighted by Gasteiger charge is 1.94. The van der Waals surface area contributed by atoms with Crippen LogP contribution < -0.4 is 0 Å². The maximum absolute atomic E-state index is 12.3. The minimum Gasteiger partial charge on any atom is -0.207 e. The van der Waals surface area contributed by atoms with E-state index in [0.29, 0.717) is 10.6 Å². The van der Waals surface area contributed by atoms with Crippen LogP contribution in [0.3, 0.4) is 0 Å². The van der Waals surface area contributed by atoms with Gasteiger partial charge in [-0.2, -0.15) is 0 Å². The van der Waals surface area contributed by atoms with Gasteiger partial charge < -0.3 is 0 Å². The Morgan fingerprint density at radius 2 is 1.80 bits per heavy atom. The lowest BCUT2D eigenvalue weighted by atomic mass is 10.2. The van der Waals surface area contributed by atoms with Crippen molar-refractivity contribution in [1.82, 2.24) is 0 Å². The molecule has 1 aromatic rings. The highest BCUT2D eigenvalue weighted by Crippen LogP contribution is 2.16. The van der Waals surface area contributed by atoms with Crippen molar-refractivity contribution in [3.63, 3.8) is 0 Å². The Morgan fingerprint density at radius 1 is 1.30 bits per heavy atom. The predicted molar refractivity (Wildman–Crippen MR) is 41.6 cm³/mol. The number of rotatable bonds is 1. The molecule has 1 aromatic carbocycles. The molecule has 0 atom stereocenters. The van der Waals surface area contributed by atoms with Crippen molar-refractivity contribution in [2.45, 2.75) is 0 Å². The zero-order valence-corrected chi connectivity index (χ0v) is 6.03. The van der Waals surface area contributed by atoms with Crippen LogP contribution >= 0.6 is 11.6 Å². The van der Waals surface area contributed by atoms with Crippen LogP contribution in [0.4, 0.5) is 4.39 Å². The van der Waals surface area contributed by atoms with E-state index >= 15 is 0 Å². The molecular formula is C8H6ClF. The molecule has 0 saturated carbocycles. The number of hydrogen-bond donors (Lipinski definition) is 0. The van der Waals surface area contributed by atoms with Crippen molar-refractivity contribution in [3.05, 3.63) is 41.4 Å². The van der Waals surface area contributed by atoms with Crippen LogP contribution in [0.25, 0.3) is 5.83 Å². The highest BCUT2D eigenvalue weighted by atomic mass is 35.5. The van der Waals surface area contributed by atoms with E-state index in [-0.39, 0.29) is 0 Å². The van der Waals surface area contributed by atoms with Crippen LogP contribution in [-0.2, 0) is 0 Å². The minimum atomic E-state index is -0.434. The molecule has 0 aliphatic heterocycles. The van der Waals surface area contributed by atoms with Crippen molar-refractivity contribution in [2.75, 3.05) is 0 Å². The lowest BCUT2D eigenvalue weighted by Crippen LogP contribution is -1.73. The van der Waals surface area contributed by atoms with E-state index in [1.807, 2.05) is 0 Å². The molecule has 10 heavy (non-hydrogen) atoms. The lowest BCUT2D eigenvalue weighted by molar-refractivity contribution is 0.763. The van der Waals surface area contributed by atoms with Crippen molar-refractivity contribution >= 4 is 17.4 Å². The molecule has 0 unspecified atom stereocenters. The summed E-state index contributed by atoms with van der Waals surface area (Å²) in [6.45, 7) is 3.15. The summed E-state index contributed by atoms with van der Waals surface area (Å²) in [4.78, 5) is 0. The quantitative estimate of drug-likeness (QED) is 0.586. The van der Waals surface area contributed by atoms with Gasteiger partial charge in [0.2, 0.25) is 0 Å². The fraction of sp³-hybridized carbons (Fsp3) is 0. The normalized spacial score (nSPS) is 9.40. The van der Waals surface area contributed by atoms with Gasteiger partial charge in [0.25, 0.3) is 0 Å². The first kappa shape index (κ1) is 7.29. The van der Waals surface area contributed by atoms with E-state index in [2.05, 4.69) is 6.58 Å². The van der Waals surface area contributed by atoms with E-state index in [1.165, 1.54) is 0 Å². The van der Waals surface area contributed by atoms with Crippen molar-refractivity contribution in [2.24, 2.45) is 0 Å². The first-order valence-electron chi connectivity index (χ1n) is 2.80. The molecule has 0 aromatic heterocycles. The smallest absolute Gasteiger partial charge is 0.123 e. The van der Waals surface area contributed by atoms with Gasteiger partial charge in [-0.15, -0.1) is 0 Å². The number of benzene rings is 1. The third-order valence-electron chi connectivity index (χ3n) is 1.16. The molecule has 0 aliphatic carbocycles. The summed E-state index contributed by atoms with van der Waals surface area (Å²) in [5, 5.41) is 0.602. The Morgan fingerprint density at radius 3 is 2.20 bits per heavy atom. The summed E-state index contributed by atoms with van der Waals surface area (Å²) in [5.41, 5.74) is 0.476. The van der Waals surface area contributed by atoms with E-state index in [0.717, 1.165) is 0 Å². The van der Waals surface area contributed by atoms with Crippen LogP contribution in [0.1, 0.15) is 5.56 Å². The van der Waals surface area contributed by atoms with Crippen LogP contribution in [0.2, 0.25) is 5.02 Å². The molecule has 52 valence electrons. The number of hydrogen-bond acceptors (Lipinski definition) is 0. The summed E-state index contributed by atoms with van der Waals surface area (Å²) >= 11 is 5.56. The molecule has 0 spiro atoms. The van der Waals surface area contributed by atoms with E-state index in [1.54, 1.807) is 24.3 Å². The Balaban J connectivity index is 3.00. The standard InChI is InChI=1S/C8H6ClF/c1-6(10)7-2-4-8(9)5-3-7/h2-5H,1H2. The van der Waals surface area contributed by atoms with Gasteiger partial charge >= 0.3 is 0 Å². The second-order valence-corrected chi connectivity index (χ2v) is 2.35. The van der Waals surface area contributed by atoms with E-state index < -0.39 is 5.83 Å². The summed E-state index contributed by atoms with van der Waals surface area (Å²) in [6, 6.07) is 6.43. The second-order valence-electron chi connectivity index (χ2n) is 1.91. The molecule has 0 saturated heterocycles. The molecule has 0 N–H and O–H groups in total. The fourth-order valence-electron chi connectivity index (χ4n) is 0.631. The molecule has 0 heterocycles. The zero-order valence-electron chi connectivity index (χ0n) is 5.27. The van der Waals surface area contributed by atoms with Gasteiger partial charge in [0.15, 0.2) is 0 Å². The highest BCUT2D eigenvalue weighted by molar-refractivity contribution is 6.30. The second kappa shape index (κ2) is 2.84. The van der Waals surface area contributed by atoms with Crippen molar-refractivity contribution < 1.29 is 4.39 Å². The third kappa shape index (κ3) is 1.58. The molecule has 2 heteroatoms. The molecule has 1 rings (SSSR count). The summed E-state index contributed by atoms with van der Waals surface area (Å²) in [5.74, 6) is -0.434. The monoisotopic (exact) mass is 156 g/mol. The Hall–Kier alpha value is -0.820. The topological polar surface area (TPSA) is 0 Å². The molecule has 0 aliphatic rings. The van der Waals surface area contributed by atoms with Crippen LogP contribution in [-0.4, -0.2) is 0 Å². The van der Waals surface area contributed by atoms with E-state index in [4.69, 9.17) is 11.6 Å². The minimum absolute atomic E-state index is 0.434. The Kier molecular flexibility index (Phi) is 2.07. The average Bonchev–Trinajstić information content (AvgIpc) is 1.88. The van der Waals surface area contributed by atoms with Crippen molar-refractivity contribution in [1.29, 1.82) is 0 Å². The zero-order chi connectivity index (χ0) is 7.56. The van der Waals surface area contributed by atoms with E-state index in [9.17, 15) is 4.39 Å². The maximum Gasteiger partial charge on any atom is 0.123 e.